The van der Waals surface area contributed by atoms with Gasteiger partial charge in [-0.05, 0) is 45.3 Å². The molecule has 6 nitrogen and oxygen atoms in total. The fourth-order valence-electron chi connectivity index (χ4n) is 2.43. The third-order valence-corrected chi connectivity index (χ3v) is 3.75. The Hall–Kier alpha value is -1.87. The highest BCUT2D eigenvalue weighted by Crippen LogP contribution is 2.19. The van der Waals surface area contributed by atoms with E-state index in [0.717, 1.165) is 32.4 Å². The van der Waals surface area contributed by atoms with Gasteiger partial charge in [0.15, 0.2) is 0 Å². The van der Waals surface area contributed by atoms with Crippen LogP contribution in [-0.2, 0) is 6.54 Å². The summed E-state index contributed by atoms with van der Waals surface area (Å²) >= 11 is 0. The number of hydrogen-bond donors (Lipinski definition) is 1. The number of nitriles is 1. The van der Waals surface area contributed by atoms with Crippen molar-refractivity contribution in [3.8, 4) is 6.07 Å². The van der Waals surface area contributed by atoms with Crippen LogP contribution in [0.5, 0.6) is 0 Å². The van der Waals surface area contributed by atoms with Crippen LogP contribution in [-0.4, -0.2) is 34.6 Å². The highest BCUT2D eigenvalue weighted by molar-refractivity contribution is 5.21. The van der Waals surface area contributed by atoms with Gasteiger partial charge in [0.1, 0.15) is 11.6 Å². The SMILES string of the molecule is CN1CCC(CCn2cc(C#N)c(=O)[nH]c2=O)CC1. The van der Waals surface area contributed by atoms with Gasteiger partial charge < -0.3 is 4.90 Å². The van der Waals surface area contributed by atoms with Crippen molar-refractivity contribution in [1.29, 1.82) is 5.26 Å². The van der Waals surface area contributed by atoms with Crippen LogP contribution in [0, 0.1) is 17.2 Å². The molecule has 0 spiro atoms. The number of nitrogens with one attached hydrogen (secondary N) is 1. The van der Waals surface area contributed by atoms with Crippen LogP contribution in [0.2, 0.25) is 0 Å². The number of H-pyrrole nitrogens is 1. The highest BCUT2D eigenvalue weighted by Gasteiger charge is 2.16. The summed E-state index contributed by atoms with van der Waals surface area (Å²) < 4.78 is 1.43. The predicted octanol–water partition coefficient (Wildman–Crippen LogP) is 0.140. The molecule has 6 heteroatoms. The molecule has 2 rings (SSSR count). The first-order valence-electron chi connectivity index (χ1n) is 6.52. The molecule has 0 atom stereocenters. The zero-order chi connectivity index (χ0) is 13.8. The van der Waals surface area contributed by atoms with E-state index in [0.29, 0.717) is 12.5 Å². The highest BCUT2D eigenvalue weighted by atomic mass is 16.2. The average molecular weight is 262 g/mol. The quantitative estimate of drug-likeness (QED) is 0.840. The first-order chi connectivity index (χ1) is 9.10. The Kier molecular flexibility index (Phi) is 4.17. The Morgan fingerprint density at radius 3 is 2.74 bits per heavy atom. The molecule has 1 aromatic heterocycles. The van der Waals surface area contributed by atoms with Crippen LogP contribution in [0.15, 0.2) is 15.8 Å². The van der Waals surface area contributed by atoms with Gasteiger partial charge in [0.2, 0.25) is 0 Å². The van der Waals surface area contributed by atoms with Crippen LogP contribution < -0.4 is 11.2 Å². The van der Waals surface area contributed by atoms with Crippen molar-refractivity contribution < 1.29 is 0 Å². The summed E-state index contributed by atoms with van der Waals surface area (Å²) in [6.45, 7) is 2.74. The monoisotopic (exact) mass is 262 g/mol. The Balaban J connectivity index is 2.02. The van der Waals surface area contributed by atoms with E-state index >= 15 is 0 Å². The number of likely N-dealkylation sites (tertiary alicyclic amines) is 1. The molecule has 0 radical (unpaired) electrons. The van der Waals surface area contributed by atoms with Gasteiger partial charge in [0.05, 0.1) is 0 Å². The van der Waals surface area contributed by atoms with Gasteiger partial charge in [-0.2, -0.15) is 5.26 Å². The molecule has 1 fully saturated rings. The van der Waals surface area contributed by atoms with Gasteiger partial charge in [-0.25, -0.2) is 4.79 Å². The summed E-state index contributed by atoms with van der Waals surface area (Å²) in [4.78, 5) is 27.4. The lowest BCUT2D eigenvalue weighted by Crippen LogP contribution is -2.33. The lowest BCUT2D eigenvalue weighted by Gasteiger charge is -2.28. The minimum absolute atomic E-state index is 0.0111. The lowest BCUT2D eigenvalue weighted by molar-refractivity contribution is 0.207. The van der Waals surface area contributed by atoms with E-state index in [1.54, 1.807) is 6.07 Å². The Morgan fingerprint density at radius 1 is 1.42 bits per heavy atom. The predicted molar refractivity (Wildman–Crippen MR) is 70.9 cm³/mol. The summed E-state index contributed by atoms with van der Waals surface area (Å²) in [6, 6.07) is 1.80. The maximum atomic E-state index is 11.6. The molecule has 102 valence electrons. The van der Waals surface area contributed by atoms with E-state index in [-0.39, 0.29) is 5.56 Å². The van der Waals surface area contributed by atoms with Crippen LogP contribution in [0.25, 0.3) is 0 Å². The number of piperidine rings is 1. The van der Waals surface area contributed by atoms with Gasteiger partial charge in [-0.15, -0.1) is 0 Å². The minimum Gasteiger partial charge on any atom is -0.306 e. The number of aromatic amines is 1. The fourth-order valence-corrected chi connectivity index (χ4v) is 2.43. The molecular weight excluding hydrogens is 244 g/mol. The van der Waals surface area contributed by atoms with Gasteiger partial charge in [-0.3, -0.25) is 14.3 Å². The molecule has 0 amide bonds. The van der Waals surface area contributed by atoms with Gasteiger partial charge >= 0.3 is 5.69 Å². The molecule has 0 aromatic carbocycles. The van der Waals surface area contributed by atoms with E-state index in [1.807, 2.05) is 0 Å². The molecule has 1 aliphatic heterocycles. The second-order valence-corrected chi connectivity index (χ2v) is 5.14. The number of aromatic nitrogens is 2. The first kappa shape index (κ1) is 13.6. The fraction of sp³-hybridized carbons (Fsp3) is 0.615. The zero-order valence-electron chi connectivity index (χ0n) is 11.1. The standard InChI is InChI=1S/C13H18N4O2/c1-16-5-2-10(3-6-16)4-7-17-9-11(8-14)12(18)15-13(17)19/h9-10H,2-7H2,1H3,(H,15,18,19). The van der Waals surface area contributed by atoms with Crippen molar-refractivity contribution in [2.24, 2.45) is 5.92 Å². The largest absolute Gasteiger partial charge is 0.328 e. The van der Waals surface area contributed by atoms with E-state index in [1.165, 1.54) is 10.8 Å². The summed E-state index contributed by atoms with van der Waals surface area (Å²) in [5.41, 5.74) is -1.05. The molecule has 19 heavy (non-hydrogen) atoms. The molecule has 0 bridgehead atoms. The van der Waals surface area contributed by atoms with E-state index < -0.39 is 11.2 Å². The van der Waals surface area contributed by atoms with Crippen molar-refractivity contribution in [1.82, 2.24) is 14.5 Å². The van der Waals surface area contributed by atoms with Crippen LogP contribution in [0.4, 0.5) is 0 Å². The van der Waals surface area contributed by atoms with Crippen molar-refractivity contribution in [3.05, 3.63) is 32.6 Å². The third-order valence-electron chi connectivity index (χ3n) is 3.75. The van der Waals surface area contributed by atoms with Crippen LogP contribution in [0.3, 0.4) is 0 Å². The molecular formula is C13H18N4O2. The first-order valence-corrected chi connectivity index (χ1v) is 6.52. The molecule has 1 aliphatic rings. The normalized spacial score (nSPS) is 17.3. The summed E-state index contributed by atoms with van der Waals surface area (Å²) in [6.07, 6.45) is 4.54. The smallest absolute Gasteiger partial charge is 0.306 e. The maximum absolute atomic E-state index is 11.6. The molecule has 1 N–H and O–H groups in total. The third kappa shape index (κ3) is 3.32. The summed E-state index contributed by atoms with van der Waals surface area (Å²) in [5, 5.41) is 8.79. The van der Waals surface area contributed by atoms with Crippen LogP contribution >= 0.6 is 0 Å². The maximum Gasteiger partial charge on any atom is 0.328 e. The number of aryl methyl sites for hydroxylation is 1. The summed E-state index contributed by atoms with van der Waals surface area (Å²) in [7, 11) is 2.11. The van der Waals surface area contributed by atoms with Crippen molar-refractivity contribution in [2.45, 2.75) is 25.8 Å². The number of nitrogens with zero attached hydrogens (tertiary/aromatic N) is 3. The van der Waals surface area contributed by atoms with Gasteiger partial charge in [0.25, 0.3) is 5.56 Å². The van der Waals surface area contributed by atoms with Gasteiger partial charge in [0, 0.05) is 12.7 Å². The van der Waals surface area contributed by atoms with Crippen molar-refractivity contribution >= 4 is 0 Å². The molecule has 2 heterocycles. The molecule has 0 aliphatic carbocycles. The Bertz CT molecular complexity index is 588. The Labute approximate surface area is 111 Å². The van der Waals surface area contributed by atoms with E-state index in [4.69, 9.17) is 5.26 Å². The molecule has 0 saturated carbocycles. The molecule has 0 unspecified atom stereocenters. The lowest BCUT2D eigenvalue weighted by atomic mass is 9.94. The van der Waals surface area contributed by atoms with Crippen molar-refractivity contribution in [3.63, 3.8) is 0 Å². The average Bonchev–Trinajstić information content (AvgIpc) is 2.40. The number of rotatable bonds is 3. The van der Waals surface area contributed by atoms with Crippen molar-refractivity contribution in [2.75, 3.05) is 20.1 Å². The topological polar surface area (TPSA) is 81.9 Å². The summed E-state index contributed by atoms with van der Waals surface area (Å²) in [5.74, 6) is 0.612. The minimum atomic E-state index is -0.608. The van der Waals surface area contributed by atoms with E-state index in [9.17, 15) is 9.59 Å². The van der Waals surface area contributed by atoms with E-state index in [2.05, 4.69) is 16.9 Å². The second-order valence-electron chi connectivity index (χ2n) is 5.14. The molecule has 1 aromatic rings. The van der Waals surface area contributed by atoms with Crippen LogP contribution in [0.1, 0.15) is 24.8 Å². The second kappa shape index (κ2) is 5.85. The Morgan fingerprint density at radius 2 is 2.11 bits per heavy atom. The molecule has 1 saturated heterocycles. The van der Waals surface area contributed by atoms with Gasteiger partial charge in [-0.1, -0.05) is 0 Å². The number of hydrogen-bond acceptors (Lipinski definition) is 4. The zero-order valence-corrected chi connectivity index (χ0v) is 11.1.